The quantitative estimate of drug-likeness (QED) is 0.592. The summed E-state index contributed by atoms with van der Waals surface area (Å²) in [7, 11) is 0. The minimum atomic E-state index is 0.0664. The molecule has 0 aromatic rings. The minimum Gasteiger partial charge on any atom is -0.380 e. The Morgan fingerprint density at radius 1 is 1.38 bits per heavy atom. The molecule has 2 aliphatic rings. The molecule has 2 saturated heterocycles. The molecule has 0 saturated carbocycles. The molecule has 0 bridgehead atoms. The molecule has 2 rings (SSSR count). The van der Waals surface area contributed by atoms with Crippen molar-refractivity contribution in [3.63, 3.8) is 0 Å². The van der Waals surface area contributed by atoms with Gasteiger partial charge in [0, 0.05) is 18.5 Å². The van der Waals surface area contributed by atoms with Crippen LogP contribution >= 0.6 is 11.6 Å². The van der Waals surface area contributed by atoms with Crippen molar-refractivity contribution in [1.82, 2.24) is 4.90 Å². The van der Waals surface area contributed by atoms with Crippen LogP contribution in [-0.2, 0) is 9.53 Å². The van der Waals surface area contributed by atoms with E-state index in [9.17, 15) is 4.79 Å². The van der Waals surface area contributed by atoms with Gasteiger partial charge in [0.1, 0.15) is 5.88 Å². The van der Waals surface area contributed by atoms with Gasteiger partial charge in [0.2, 0.25) is 5.91 Å². The van der Waals surface area contributed by atoms with Gasteiger partial charge in [-0.1, -0.05) is 0 Å². The van der Waals surface area contributed by atoms with Crippen molar-refractivity contribution in [2.24, 2.45) is 5.41 Å². The SMILES string of the molecule is O=C(CCl)N1CCC2(CC1)COC2. The Labute approximate surface area is 83.0 Å². The highest BCUT2D eigenvalue weighted by molar-refractivity contribution is 6.27. The molecule has 0 atom stereocenters. The molecule has 0 radical (unpaired) electrons. The van der Waals surface area contributed by atoms with Crippen LogP contribution in [0, 0.1) is 5.41 Å². The van der Waals surface area contributed by atoms with Crippen LogP contribution in [-0.4, -0.2) is 43.0 Å². The number of likely N-dealkylation sites (tertiary alicyclic amines) is 1. The zero-order valence-corrected chi connectivity index (χ0v) is 8.35. The van der Waals surface area contributed by atoms with Crippen LogP contribution in [0.3, 0.4) is 0 Å². The first-order valence-corrected chi connectivity index (χ1v) is 5.21. The van der Waals surface area contributed by atoms with Crippen molar-refractivity contribution >= 4 is 17.5 Å². The number of carbonyl (C=O) groups is 1. The molecule has 1 amide bonds. The summed E-state index contributed by atoms with van der Waals surface area (Å²) in [5, 5.41) is 0. The average molecular weight is 204 g/mol. The number of nitrogens with zero attached hydrogens (tertiary/aromatic N) is 1. The lowest BCUT2D eigenvalue weighted by atomic mass is 9.77. The summed E-state index contributed by atoms with van der Waals surface area (Å²) in [6, 6.07) is 0. The molecule has 3 nitrogen and oxygen atoms in total. The van der Waals surface area contributed by atoms with Gasteiger partial charge in [0.05, 0.1) is 13.2 Å². The van der Waals surface area contributed by atoms with E-state index in [1.807, 2.05) is 4.90 Å². The Morgan fingerprint density at radius 2 is 2.00 bits per heavy atom. The maximum Gasteiger partial charge on any atom is 0.237 e. The number of hydrogen-bond donors (Lipinski definition) is 0. The lowest BCUT2D eigenvalue weighted by Gasteiger charge is -2.47. The summed E-state index contributed by atoms with van der Waals surface area (Å²) >= 11 is 5.49. The maximum atomic E-state index is 11.2. The summed E-state index contributed by atoms with van der Waals surface area (Å²) in [4.78, 5) is 13.1. The van der Waals surface area contributed by atoms with E-state index in [2.05, 4.69) is 0 Å². The van der Waals surface area contributed by atoms with Gasteiger partial charge < -0.3 is 9.64 Å². The van der Waals surface area contributed by atoms with E-state index in [1.54, 1.807) is 0 Å². The van der Waals surface area contributed by atoms with Gasteiger partial charge in [-0.3, -0.25) is 4.79 Å². The Hall–Kier alpha value is -0.280. The maximum absolute atomic E-state index is 11.2. The first kappa shape index (κ1) is 9.28. The highest BCUT2D eigenvalue weighted by Crippen LogP contribution is 2.38. The van der Waals surface area contributed by atoms with Gasteiger partial charge >= 0.3 is 0 Å². The summed E-state index contributed by atoms with van der Waals surface area (Å²) < 4.78 is 5.21. The number of hydrogen-bond acceptors (Lipinski definition) is 2. The molecule has 0 aliphatic carbocycles. The van der Waals surface area contributed by atoms with Crippen LogP contribution in [0.5, 0.6) is 0 Å². The molecule has 2 aliphatic heterocycles. The van der Waals surface area contributed by atoms with Crippen LogP contribution in [0.4, 0.5) is 0 Å². The Bertz CT molecular complexity index is 206. The molecular formula is C9H14ClNO2. The molecule has 74 valence electrons. The number of ether oxygens (including phenoxy) is 1. The molecule has 0 unspecified atom stereocenters. The number of rotatable bonds is 1. The highest BCUT2D eigenvalue weighted by atomic mass is 35.5. The normalized spacial score (nSPS) is 25.8. The fourth-order valence-electron chi connectivity index (χ4n) is 1.99. The van der Waals surface area contributed by atoms with Gasteiger partial charge in [-0.25, -0.2) is 0 Å². The van der Waals surface area contributed by atoms with Gasteiger partial charge in [0.15, 0.2) is 0 Å². The van der Waals surface area contributed by atoms with Gasteiger partial charge in [-0.15, -0.1) is 11.6 Å². The van der Waals surface area contributed by atoms with Crippen LogP contribution < -0.4 is 0 Å². The summed E-state index contributed by atoms with van der Waals surface area (Å²) in [6.07, 6.45) is 2.16. The number of carbonyl (C=O) groups excluding carboxylic acids is 1. The van der Waals surface area contributed by atoms with Crippen molar-refractivity contribution in [2.75, 3.05) is 32.2 Å². The van der Waals surface area contributed by atoms with E-state index in [0.29, 0.717) is 5.41 Å². The van der Waals surface area contributed by atoms with Crippen molar-refractivity contribution in [3.8, 4) is 0 Å². The van der Waals surface area contributed by atoms with Gasteiger partial charge in [-0.05, 0) is 12.8 Å². The second-order valence-electron chi connectivity index (χ2n) is 4.01. The van der Waals surface area contributed by atoms with E-state index in [0.717, 1.165) is 39.1 Å². The van der Waals surface area contributed by atoms with Crippen LogP contribution in [0.2, 0.25) is 0 Å². The minimum absolute atomic E-state index is 0.0664. The third-order valence-electron chi connectivity index (χ3n) is 3.11. The molecular weight excluding hydrogens is 190 g/mol. The fourth-order valence-corrected chi connectivity index (χ4v) is 2.16. The van der Waals surface area contributed by atoms with Crippen LogP contribution in [0.25, 0.3) is 0 Å². The van der Waals surface area contributed by atoms with Gasteiger partial charge in [0.25, 0.3) is 0 Å². The smallest absolute Gasteiger partial charge is 0.237 e. The van der Waals surface area contributed by atoms with E-state index < -0.39 is 0 Å². The Morgan fingerprint density at radius 3 is 2.38 bits per heavy atom. The summed E-state index contributed by atoms with van der Waals surface area (Å²) in [5.41, 5.74) is 0.406. The van der Waals surface area contributed by atoms with Crippen molar-refractivity contribution in [2.45, 2.75) is 12.8 Å². The van der Waals surface area contributed by atoms with Crippen molar-refractivity contribution < 1.29 is 9.53 Å². The Kier molecular flexibility index (Phi) is 2.47. The van der Waals surface area contributed by atoms with Crippen LogP contribution in [0.1, 0.15) is 12.8 Å². The average Bonchev–Trinajstić information content (AvgIpc) is 2.14. The van der Waals surface area contributed by atoms with E-state index in [-0.39, 0.29) is 11.8 Å². The zero-order chi connectivity index (χ0) is 9.31. The molecule has 0 N–H and O–H groups in total. The predicted molar refractivity (Wildman–Crippen MR) is 49.8 cm³/mol. The third kappa shape index (κ3) is 1.67. The molecule has 0 aromatic carbocycles. The molecule has 1 spiro atoms. The first-order chi connectivity index (χ1) is 6.26. The molecule has 4 heteroatoms. The number of piperidine rings is 1. The second kappa shape index (κ2) is 3.46. The Balaban J connectivity index is 1.85. The first-order valence-electron chi connectivity index (χ1n) is 4.67. The summed E-state index contributed by atoms with van der Waals surface area (Å²) in [5.74, 6) is 0.181. The predicted octanol–water partition coefficient (Wildman–Crippen LogP) is 0.864. The van der Waals surface area contributed by atoms with E-state index in [1.165, 1.54) is 0 Å². The number of halogens is 1. The molecule has 13 heavy (non-hydrogen) atoms. The lowest BCUT2D eigenvalue weighted by Crippen LogP contribution is -2.52. The third-order valence-corrected chi connectivity index (χ3v) is 3.34. The standard InChI is InChI=1S/C9H14ClNO2/c10-5-8(12)11-3-1-9(2-4-11)6-13-7-9/h1-7H2. The van der Waals surface area contributed by atoms with Crippen molar-refractivity contribution in [1.29, 1.82) is 0 Å². The van der Waals surface area contributed by atoms with E-state index >= 15 is 0 Å². The molecule has 2 fully saturated rings. The lowest BCUT2D eigenvalue weighted by molar-refractivity contribution is -0.151. The molecule has 2 heterocycles. The van der Waals surface area contributed by atoms with E-state index in [4.69, 9.17) is 16.3 Å². The number of amides is 1. The topological polar surface area (TPSA) is 29.5 Å². The second-order valence-corrected chi connectivity index (χ2v) is 4.27. The highest BCUT2D eigenvalue weighted by Gasteiger charge is 2.41. The van der Waals surface area contributed by atoms with Crippen molar-refractivity contribution in [3.05, 3.63) is 0 Å². The molecule has 0 aromatic heterocycles. The van der Waals surface area contributed by atoms with Crippen LogP contribution in [0.15, 0.2) is 0 Å². The monoisotopic (exact) mass is 203 g/mol. The van der Waals surface area contributed by atoms with Gasteiger partial charge in [-0.2, -0.15) is 0 Å². The summed E-state index contributed by atoms with van der Waals surface area (Å²) in [6.45, 7) is 3.48. The largest absolute Gasteiger partial charge is 0.380 e. The zero-order valence-electron chi connectivity index (χ0n) is 7.59. The number of alkyl halides is 1. The fraction of sp³-hybridized carbons (Fsp3) is 0.889.